The van der Waals surface area contributed by atoms with E-state index in [2.05, 4.69) is 58.9 Å². The molecule has 29 heavy (non-hydrogen) atoms. The number of carbonyl (C=O) groups is 1. The number of nitrogens with one attached hydrogen (secondary N) is 2. The zero-order valence-corrected chi connectivity index (χ0v) is 19.6. The van der Waals surface area contributed by atoms with Gasteiger partial charge in [0.1, 0.15) is 0 Å². The van der Waals surface area contributed by atoms with Crippen LogP contribution in [-0.2, 0) is 17.9 Å². The number of hydrogen-bond acceptors (Lipinski definition) is 3. The minimum absolute atomic E-state index is 0. The number of guanidine groups is 1. The summed E-state index contributed by atoms with van der Waals surface area (Å²) in [7, 11) is 5.89. The van der Waals surface area contributed by atoms with Crippen LogP contribution in [0.3, 0.4) is 0 Å². The fourth-order valence-corrected chi connectivity index (χ4v) is 3.36. The molecule has 0 saturated carbocycles. The van der Waals surface area contributed by atoms with Crippen LogP contribution in [0.5, 0.6) is 0 Å². The second-order valence-electron chi connectivity index (χ2n) is 7.37. The van der Waals surface area contributed by atoms with Crippen LogP contribution in [0.4, 0.5) is 5.69 Å². The Labute approximate surface area is 190 Å². The second kappa shape index (κ2) is 11.2. The third-order valence-corrected chi connectivity index (χ3v) is 4.74. The largest absolute Gasteiger partial charge is 0.352 e. The second-order valence-corrected chi connectivity index (χ2v) is 7.37. The van der Waals surface area contributed by atoms with Gasteiger partial charge in [0.2, 0.25) is 5.91 Å². The molecule has 0 aromatic heterocycles. The Kier molecular flexibility index (Phi) is 8.91. The molecule has 1 aliphatic rings. The Bertz CT molecular complexity index is 808. The van der Waals surface area contributed by atoms with Gasteiger partial charge in [-0.15, -0.1) is 24.0 Å². The first-order valence-electron chi connectivity index (χ1n) is 9.60. The molecule has 0 bridgehead atoms. The SMILES string of the molecule is CN=C(NCc1ccc(CN(C)C)cc1)NC1CC(=O)N(c2ccccc2)C1.I. The zero-order valence-electron chi connectivity index (χ0n) is 17.3. The summed E-state index contributed by atoms with van der Waals surface area (Å²) >= 11 is 0. The van der Waals surface area contributed by atoms with Gasteiger partial charge in [0, 0.05) is 38.8 Å². The van der Waals surface area contributed by atoms with Gasteiger partial charge in [-0.3, -0.25) is 9.79 Å². The van der Waals surface area contributed by atoms with Crippen molar-refractivity contribution in [3.63, 3.8) is 0 Å². The van der Waals surface area contributed by atoms with Crippen LogP contribution < -0.4 is 15.5 Å². The van der Waals surface area contributed by atoms with E-state index >= 15 is 0 Å². The molecule has 2 aromatic carbocycles. The van der Waals surface area contributed by atoms with E-state index in [-0.39, 0.29) is 35.9 Å². The number of para-hydroxylation sites is 1. The van der Waals surface area contributed by atoms with Crippen LogP contribution >= 0.6 is 24.0 Å². The molecule has 7 heteroatoms. The molecule has 1 saturated heterocycles. The third-order valence-electron chi connectivity index (χ3n) is 4.74. The summed E-state index contributed by atoms with van der Waals surface area (Å²) in [6.45, 7) is 2.26. The molecule has 2 aromatic rings. The number of amides is 1. The zero-order chi connectivity index (χ0) is 19.9. The summed E-state index contributed by atoms with van der Waals surface area (Å²) < 4.78 is 0. The Morgan fingerprint density at radius 1 is 1.10 bits per heavy atom. The first-order chi connectivity index (χ1) is 13.5. The van der Waals surface area contributed by atoms with Gasteiger partial charge < -0.3 is 20.4 Å². The molecule has 6 nitrogen and oxygen atoms in total. The quantitative estimate of drug-likeness (QED) is 0.359. The Hall–Kier alpha value is -2.13. The molecule has 0 spiro atoms. The lowest BCUT2D eigenvalue weighted by Gasteiger charge is -2.19. The highest BCUT2D eigenvalue weighted by molar-refractivity contribution is 14.0. The number of nitrogens with zero attached hydrogens (tertiary/aromatic N) is 3. The lowest BCUT2D eigenvalue weighted by molar-refractivity contribution is -0.117. The molecule has 3 rings (SSSR count). The van der Waals surface area contributed by atoms with Crippen LogP contribution in [-0.4, -0.2) is 50.5 Å². The fraction of sp³-hybridized carbons (Fsp3) is 0.364. The summed E-state index contributed by atoms with van der Waals surface area (Å²) in [5.74, 6) is 0.848. The maximum atomic E-state index is 12.4. The van der Waals surface area contributed by atoms with E-state index in [1.54, 1.807) is 7.05 Å². The van der Waals surface area contributed by atoms with Crippen molar-refractivity contribution in [2.45, 2.75) is 25.6 Å². The van der Waals surface area contributed by atoms with Gasteiger partial charge in [-0.25, -0.2) is 0 Å². The third kappa shape index (κ3) is 6.71. The van der Waals surface area contributed by atoms with Crippen molar-refractivity contribution in [1.82, 2.24) is 15.5 Å². The standard InChI is InChI=1S/C22H29N5O.HI/c1-23-22(24-14-17-9-11-18(12-10-17)15-26(2)3)25-19-13-21(28)27(16-19)20-7-5-4-6-8-20;/h4-12,19H,13-16H2,1-3H3,(H2,23,24,25);1H. The van der Waals surface area contributed by atoms with Crippen LogP contribution in [0.1, 0.15) is 17.5 Å². The number of halogens is 1. The van der Waals surface area contributed by atoms with E-state index in [1.165, 1.54) is 11.1 Å². The van der Waals surface area contributed by atoms with Crippen molar-refractivity contribution in [3.05, 3.63) is 65.7 Å². The first-order valence-corrected chi connectivity index (χ1v) is 9.60. The highest BCUT2D eigenvalue weighted by Crippen LogP contribution is 2.20. The van der Waals surface area contributed by atoms with E-state index < -0.39 is 0 Å². The fourth-order valence-electron chi connectivity index (χ4n) is 3.36. The minimum Gasteiger partial charge on any atom is -0.352 e. The monoisotopic (exact) mass is 507 g/mol. The molecule has 2 N–H and O–H groups in total. The van der Waals surface area contributed by atoms with E-state index in [9.17, 15) is 4.79 Å². The van der Waals surface area contributed by atoms with Crippen molar-refractivity contribution in [2.75, 3.05) is 32.6 Å². The maximum absolute atomic E-state index is 12.4. The van der Waals surface area contributed by atoms with Crippen molar-refractivity contribution in [2.24, 2.45) is 4.99 Å². The topological polar surface area (TPSA) is 60.0 Å². The molecular formula is C22H30IN5O. The van der Waals surface area contributed by atoms with Crippen LogP contribution in [0.2, 0.25) is 0 Å². The van der Waals surface area contributed by atoms with Gasteiger partial charge in [0.25, 0.3) is 0 Å². The van der Waals surface area contributed by atoms with Gasteiger partial charge >= 0.3 is 0 Å². The van der Waals surface area contributed by atoms with E-state index in [4.69, 9.17) is 0 Å². The molecule has 1 unspecified atom stereocenters. The molecule has 0 aliphatic carbocycles. The van der Waals surface area contributed by atoms with Gasteiger partial charge in [0.15, 0.2) is 5.96 Å². The number of benzene rings is 2. The summed E-state index contributed by atoms with van der Waals surface area (Å²) in [6.07, 6.45) is 0.467. The molecule has 1 heterocycles. The van der Waals surface area contributed by atoms with Crippen LogP contribution in [0.25, 0.3) is 0 Å². The lowest BCUT2D eigenvalue weighted by atomic mass is 10.1. The molecule has 1 fully saturated rings. The lowest BCUT2D eigenvalue weighted by Crippen LogP contribution is -2.44. The highest BCUT2D eigenvalue weighted by Gasteiger charge is 2.30. The Morgan fingerprint density at radius 2 is 1.76 bits per heavy atom. The predicted molar refractivity (Wildman–Crippen MR) is 130 cm³/mol. The molecule has 156 valence electrons. The molecule has 1 aliphatic heterocycles. The van der Waals surface area contributed by atoms with E-state index in [0.717, 1.165) is 12.2 Å². The Balaban J connectivity index is 0.00000300. The van der Waals surface area contributed by atoms with Crippen LogP contribution in [0, 0.1) is 0 Å². The number of rotatable bonds is 6. The van der Waals surface area contributed by atoms with E-state index in [0.29, 0.717) is 25.5 Å². The number of carbonyl (C=O) groups excluding carboxylic acids is 1. The summed E-state index contributed by atoms with van der Waals surface area (Å²) in [5.41, 5.74) is 3.43. The Morgan fingerprint density at radius 3 is 2.38 bits per heavy atom. The van der Waals surface area contributed by atoms with Crippen molar-refractivity contribution in [3.8, 4) is 0 Å². The smallest absolute Gasteiger partial charge is 0.229 e. The summed E-state index contributed by atoms with van der Waals surface area (Å²) in [5, 5.41) is 6.71. The average molecular weight is 507 g/mol. The average Bonchev–Trinajstić information content (AvgIpc) is 3.06. The van der Waals surface area contributed by atoms with Gasteiger partial charge in [-0.1, -0.05) is 42.5 Å². The molecule has 0 radical (unpaired) electrons. The van der Waals surface area contributed by atoms with Gasteiger partial charge in [0.05, 0.1) is 6.04 Å². The molecular weight excluding hydrogens is 477 g/mol. The van der Waals surface area contributed by atoms with Crippen LogP contribution in [0.15, 0.2) is 59.6 Å². The van der Waals surface area contributed by atoms with Crippen molar-refractivity contribution >= 4 is 41.5 Å². The highest BCUT2D eigenvalue weighted by atomic mass is 127. The minimum atomic E-state index is 0. The first kappa shape index (κ1) is 23.2. The van der Waals surface area contributed by atoms with Gasteiger partial charge in [-0.05, 0) is 37.4 Å². The maximum Gasteiger partial charge on any atom is 0.229 e. The van der Waals surface area contributed by atoms with Crippen molar-refractivity contribution < 1.29 is 4.79 Å². The van der Waals surface area contributed by atoms with Gasteiger partial charge in [-0.2, -0.15) is 0 Å². The molecule has 1 amide bonds. The normalized spacial score (nSPS) is 16.7. The summed E-state index contributed by atoms with van der Waals surface area (Å²) in [4.78, 5) is 20.7. The summed E-state index contributed by atoms with van der Waals surface area (Å²) in [6, 6.07) is 18.4. The number of hydrogen-bond donors (Lipinski definition) is 2. The molecule has 1 atom stereocenters. The number of anilines is 1. The number of aliphatic imine (C=N–C) groups is 1. The van der Waals surface area contributed by atoms with Crippen molar-refractivity contribution in [1.29, 1.82) is 0 Å². The van der Waals surface area contributed by atoms with E-state index in [1.807, 2.05) is 35.2 Å². The predicted octanol–water partition coefficient (Wildman–Crippen LogP) is 2.84.